The van der Waals surface area contributed by atoms with E-state index in [0.717, 1.165) is 42.7 Å². The highest BCUT2D eigenvalue weighted by Gasteiger charge is 2.38. The molecular formula is C16H22F3N3O5S2. The van der Waals surface area contributed by atoms with Gasteiger partial charge in [-0.3, -0.25) is 14.3 Å². The second-order valence-electron chi connectivity index (χ2n) is 5.95. The van der Waals surface area contributed by atoms with Crippen molar-refractivity contribution in [1.29, 1.82) is 0 Å². The fourth-order valence-corrected chi connectivity index (χ4v) is 4.39. The van der Waals surface area contributed by atoms with Crippen molar-refractivity contribution in [3.05, 3.63) is 17.0 Å². The number of amides is 1. The van der Waals surface area contributed by atoms with Gasteiger partial charge >= 0.3 is 18.1 Å². The fourth-order valence-electron chi connectivity index (χ4n) is 2.50. The third kappa shape index (κ3) is 8.98. The molecule has 0 aliphatic heterocycles. The number of carboxylic acids is 2. The van der Waals surface area contributed by atoms with Crippen LogP contribution in [0.3, 0.4) is 0 Å². The molecule has 0 atom stereocenters. The summed E-state index contributed by atoms with van der Waals surface area (Å²) in [5.41, 5.74) is 2.87. The van der Waals surface area contributed by atoms with E-state index in [1.807, 2.05) is 7.05 Å². The summed E-state index contributed by atoms with van der Waals surface area (Å²) >= 11 is 0. The minimum absolute atomic E-state index is 0.0608. The normalized spacial score (nSPS) is 13.1. The van der Waals surface area contributed by atoms with Crippen LogP contribution in [0.4, 0.5) is 13.2 Å². The number of alkyl halides is 3. The molecule has 0 saturated heterocycles. The van der Waals surface area contributed by atoms with E-state index >= 15 is 0 Å². The van der Waals surface area contributed by atoms with Crippen molar-refractivity contribution in [1.82, 2.24) is 15.1 Å². The maximum Gasteiger partial charge on any atom is 0.490 e. The standard InChI is InChI=1S/C14H21N3O3S2.C2HF3O2/c1-17-13(10-4-2-3-5-11(10)16-17)14(20)15-7-9-22-21-8-6-12(18)19;3-2(4,5)1(6)7/h2-9H2,1H3,(H,15,20)(H,18,19);(H,6,7). The molecule has 164 valence electrons. The third-order valence-corrected chi connectivity index (χ3v) is 6.14. The van der Waals surface area contributed by atoms with Crippen LogP contribution in [0.5, 0.6) is 0 Å². The Hall–Kier alpha value is -1.89. The van der Waals surface area contributed by atoms with Crippen LogP contribution in [-0.4, -0.2) is 62.1 Å². The van der Waals surface area contributed by atoms with Crippen LogP contribution in [0.15, 0.2) is 0 Å². The molecule has 13 heteroatoms. The lowest BCUT2D eigenvalue weighted by molar-refractivity contribution is -0.192. The summed E-state index contributed by atoms with van der Waals surface area (Å²) in [6.07, 6.45) is -0.742. The lowest BCUT2D eigenvalue weighted by Gasteiger charge is -2.11. The topological polar surface area (TPSA) is 122 Å². The van der Waals surface area contributed by atoms with Gasteiger partial charge in [-0.1, -0.05) is 21.6 Å². The summed E-state index contributed by atoms with van der Waals surface area (Å²) in [4.78, 5) is 31.6. The van der Waals surface area contributed by atoms with Crippen molar-refractivity contribution in [2.75, 3.05) is 18.1 Å². The first-order chi connectivity index (χ1) is 13.5. The molecule has 0 radical (unpaired) electrons. The number of aromatic nitrogens is 2. The van der Waals surface area contributed by atoms with Gasteiger partial charge in [0.05, 0.1) is 12.1 Å². The Morgan fingerprint density at radius 1 is 1.14 bits per heavy atom. The van der Waals surface area contributed by atoms with Gasteiger partial charge in [-0.25, -0.2) is 4.79 Å². The first-order valence-corrected chi connectivity index (χ1v) is 11.1. The molecule has 0 fully saturated rings. The Morgan fingerprint density at radius 2 is 1.72 bits per heavy atom. The van der Waals surface area contributed by atoms with Crippen molar-refractivity contribution in [3.63, 3.8) is 0 Å². The van der Waals surface area contributed by atoms with E-state index in [9.17, 15) is 22.8 Å². The summed E-state index contributed by atoms with van der Waals surface area (Å²) in [6.45, 7) is 0.573. The molecular weight excluding hydrogens is 435 g/mol. The number of rotatable bonds is 8. The van der Waals surface area contributed by atoms with E-state index in [1.165, 1.54) is 10.8 Å². The Morgan fingerprint density at radius 3 is 2.31 bits per heavy atom. The molecule has 0 unspecified atom stereocenters. The zero-order valence-electron chi connectivity index (χ0n) is 15.6. The molecule has 3 N–H and O–H groups in total. The van der Waals surface area contributed by atoms with E-state index in [2.05, 4.69) is 10.4 Å². The second-order valence-corrected chi connectivity index (χ2v) is 8.65. The van der Waals surface area contributed by atoms with Crippen LogP contribution >= 0.6 is 21.6 Å². The van der Waals surface area contributed by atoms with Crippen molar-refractivity contribution in [2.24, 2.45) is 7.05 Å². The summed E-state index contributed by atoms with van der Waals surface area (Å²) in [5.74, 6) is -2.25. The molecule has 8 nitrogen and oxygen atoms in total. The number of aliphatic carboxylic acids is 2. The van der Waals surface area contributed by atoms with Crippen LogP contribution in [0.1, 0.15) is 41.0 Å². The molecule has 1 aliphatic carbocycles. The summed E-state index contributed by atoms with van der Waals surface area (Å²) in [6, 6.07) is 0. The van der Waals surface area contributed by atoms with Crippen LogP contribution in [0.2, 0.25) is 0 Å². The maximum absolute atomic E-state index is 12.3. The largest absolute Gasteiger partial charge is 0.490 e. The highest BCUT2D eigenvalue weighted by molar-refractivity contribution is 8.76. The lowest BCUT2D eigenvalue weighted by Crippen LogP contribution is -2.28. The number of aryl methyl sites for hydroxylation is 2. The number of hydrogen-bond acceptors (Lipinski definition) is 6. The number of carbonyl (C=O) groups excluding carboxylic acids is 1. The van der Waals surface area contributed by atoms with Crippen molar-refractivity contribution in [2.45, 2.75) is 38.3 Å². The lowest BCUT2D eigenvalue weighted by atomic mass is 9.96. The van der Waals surface area contributed by atoms with E-state index < -0.39 is 18.1 Å². The van der Waals surface area contributed by atoms with Crippen molar-refractivity contribution >= 4 is 39.4 Å². The minimum Gasteiger partial charge on any atom is -0.481 e. The molecule has 29 heavy (non-hydrogen) atoms. The predicted octanol–water partition coefficient (Wildman–Crippen LogP) is 2.52. The SMILES string of the molecule is Cn1nc2c(c1C(=O)NCCSSCCC(=O)O)CCCC2.O=C(O)C(F)(F)F. The van der Waals surface area contributed by atoms with Gasteiger partial charge in [0.2, 0.25) is 0 Å². The van der Waals surface area contributed by atoms with E-state index in [-0.39, 0.29) is 12.3 Å². The molecule has 1 aromatic heterocycles. The molecule has 0 saturated carbocycles. The Bertz CT molecular complexity index is 725. The van der Waals surface area contributed by atoms with Gasteiger partial charge in [-0.05, 0) is 25.7 Å². The maximum atomic E-state index is 12.3. The summed E-state index contributed by atoms with van der Waals surface area (Å²) in [7, 11) is 4.93. The molecule has 0 bridgehead atoms. The highest BCUT2D eigenvalue weighted by atomic mass is 33.1. The predicted molar refractivity (Wildman–Crippen MR) is 103 cm³/mol. The van der Waals surface area contributed by atoms with E-state index in [1.54, 1.807) is 15.5 Å². The van der Waals surface area contributed by atoms with Gasteiger partial charge in [-0.2, -0.15) is 18.3 Å². The molecule has 0 spiro atoms. The first kappa shape index (κ1) is 25.1. The number of fused-ring (bicyclic) bond motifs is 1. The molecule has 1 amide bonds. The number of carbonyl (C=O) groups is 3. The summed E-state index contributed by atoms with van der Waals surface area (Å²) < 4.78 is 33.4. The average Bonchev–Trinajstić information content (AvgIpc) is 2.96. The smallest absolute Gasteiger partial charge is 0.481 e. The highest BCUT2D eigenvalue weighted by Crippen LogP contribution is 2.24. The number of nitrogens with zero attached hydrogens (tertiary/aromatic N) is 2. The summed E-state index contributed by atoms with van der Waals surface area (Å²) in [5, 5.41) is 23.0. The van der Waals surface area contributed by atoms with Gasteiger partial charge < -0.3 is 15.5 Å². The number of hydrogen-bond donors (Lipinski definition) is 3. The van der Waals surface area contributed by atoms with E-state index in [0.29, 0.717) is 18.0 Å². The van der Waals surface area contributed by atoms with Gasteiger partial charge in [0, 0.05) is 30.7 Å². The van der Waals surface area contributed by atoms with Crippen molar-refractivity contribution < 1.29 is 37.8 Å². The first-order valence-electron chi connectivity index (χ1n) is 8.63. The second kappa shape index (κ2) is 12.0. The van der Waals surface area contributed by atoms with Crippen LogP contribution in [0.25, 0.3) is 0 Å². The zero-order chi connectivity index (χ0) is 22.0. The molecule has 2 rings (SSSR count). The Labute approximate surface area is 173 Å². The zero-order valence-corrected chi connectivity index (χ0v) is 17.3. The molecule has 0 aromatic carbocycles. The van der Waals surface area contributed by atoms with E-state index in [4.69, 9.17) is 15.0 Å². The fraction of sp³-hybridized carbons (Fsp3) is 0.625. The Balaban J connectivity index is 0.000000516. The van der Waals surface area contributed by atoms with Gasteiger partial charge in [0.1, 0.15) is 5.69 Å². The van der Waals surface area contributed by atoms with Crippen molar-refractivity contribution in [3.8, 4) is 0 Å². The van der Waals surface area contributed by atoms with Gasteiger partial charge in [0.15, 0.2) is 0 Å². The van der Waals surface area contributed by atoms with Gasteiger partial charge in [-0.15, -0.1) is 0 Å². The minimum atomic E-state index is -5.08. The van der Waals surface area contributed by atoms with Crippen LogP contribution in [-0.2, 0) is 29.5 Å². The number of halogens is 3. The monoisotopic (exact) mass is 457 g/mol. The quantitative estimate of drug-likeness (QED) is 0.402. The molecule has 1 aromatic rings. The van der Waals surface area contributed by atoms with Gasteiger partial charge in [0.25, 0.3) is 5.91 Å². The van der Waals surface area contributed by atoms with Crippen LogP contribution in [0, 0.1) is 0 Å². The average molecular weight is 457 g/mol. The molecule has 1 aliphatic rings. The molecule has 1 heterocycles. The van der Waals surface area contributed by atoms with Crippen LogP contribution < -0.4 is 5.32 Å². The Kier molecular flexibility index (Phi) is 10.4. The third-order valence-electron chi connectivity index (χ3n) is 3.73. The number of nitrogens with one attached hydrogen (secondary N) is 1. The number of carboxylic acid groups (broad SMARTS) is 2.